The molecule has 0 spiro atoms. The molecular formula is C57H97O13P. The van der Waals surface area contributed by atoms with Crippen molar-refractivity contribution >= 4 is 19.8 Å². The molecule has 8 atom stereocenters. The molecule has 0 aromatic carbocycles. The molecule has 0 radical (unpaired) electrons. The molecule has 0 aromatic heterocycles. The second-order valence-corrected chi connectivity index (χ2v) is 20.1. The van der Waals surface area contributed by atoms with Crippen LogP contribution in [-0.4, -0.2) is 98.3 Å². The van der Waals surface area contributed by atoms with Gasteiger partial charge in [0.15, 0.2) is 6.10 Å². The number of phosphoric acid groups is 1. The van der Waals surface area contributed by atoms with Gasteiger partial charge in [0.1, 0.15) is 43.2 Å². The first-order valence-corrected chi connectivity index (χ1v) is 28.9. The third-order valence-corrected chi connectivity index (χ3v) is 13.2. The van der Waals surface area contributed by atoms with Gasteiger partial charge in [0, 0.05) is 12.8 Å². The van der Waals surface area contributed by atoms with Gasteiger partial charge in [-0.15, -0.1) is 0 Å². The molecule has 0 bridgehead atoms. The summed E-state index contributed by atoms with van der Waals surface area (Å²) in [5.74, 6) is -1.24. The number of hydrogen-bond acceptors (Lipinski definition) is 12. The summed E-state index contributed by atoms with van der Waals surface area (Å²) in [6.07, 6.45) is 48.0. The van der Waals surface area contributed by atoms with Crippen molar-refractivity contribution in [1.29, 1.82) is 0 Å². The molecule has 13 nitrogen and oxygen atoms in total. The Labute approximate surface area is 428 Å². The van der Waals surface area contributed by atoms with Gasteiger partial charge in [0.2, 0.25) is 0 Å². The average Bonchev–Trinajstić information content (AvgIpc) is 3.35. The van der Waals surface area contributed by atoms with E-state index >= 15 is 0 Å². The maximum atomic E-state index is 12.9. The van der Waals surface area contributed by atoms with Crippen molar-refractivity contribution in [2.45, 2.75) is 249 Å². The Hall–Kier alpha value is -2.97. The van der Waals surface area contributed by atoms with E-state index in [1.165, 1.54) is 109 Å². The predicted molar refractivity (Wildman–Crippen MR) is 285 cm³/mol. The van der Waals surface area contributed by atoms with Gasteiger partial charge >= 0.3 is 19.8 Å². The maximum Gasteiger partial charge on any atom is 0.472 e. The van der Waals surface area contributed by atoms with Gasteiger partial charge in [0.25, 0.3) is 0 Å². The highest BCUT2D eigenvalue weighted by atomic mass is 31.2. The lowest BCUT2D eigenvalue weighted by atomic mass is 9.85. The number of aliphatic hydroxyl groups excluding tert-OH is 5. The monoisotopic (exact) mass is 1020 g/mol. The van der Waals surface area contributed by atoms with Crippen LogP contribution in [-0.2, 0) is 32.7 Å². The number of ether oxygens (including phenoxy) is 2. The molecule has 0 aromatic rings. The van der Waals surface area contributed by atoms with Gasteiger partial charge in [-0.3, -0.25) is 18.6 Å². The van der Waals surface area contributed by atoms with Crippen LogP contribution in [0.2, 0.25) is 0 Å². The molecule has 1 rings (SSSR count). The number of aliphatic hydroxyl groups is 5. The quantitative estimate of drug-likeness (QED) is 0.0145. The smallest absolute Gasteiger partial charge is 0.462 e. The summed E-state index contributed by atoms with van der Waals surface area (Å²) in [6, 6.07) is 0. The molecule has 0 amide bonds. The van der Waals surface area contributed by atoms with Crippen molar-refractivity contribution in [2.24, 2.45) is 0 Å². The zero-order valence-corrected chi connectivity index (χ0v) is 44.6. The van der Waals surface area contributed by atoms with E-state index < -0.39 is 75.7 Å². The fraction of sp³-hybridized carbons (Fsp3) is 0.719. The fourth-order valence-electron chi connectivity index (χ4n) is 7.91. The third-order valence-electron chi connectivity index (χ3n) is 12.2. The number of allylic oxidation sites excluding steroid dienone is 14. The Morgan fingerprint density at radius 2 is 0.831 bits per heavy atom. The molecule has 0 saturated heterocycles. The van der Waals surface area contributed by atoms with Crippen molar-refractivity contribution in [3.63, 3.8) is 0 Å². The van der Waals surface area contributed by atoms with Gasteiger partial charge in [-0.25, -0.2) is 4.57 Å². The Morgan fingerprint density at radius 1 is 0.451 bits per heavy atom. The van der Waals surface area contributed by atoms with Crippen LogP contribution in [0.5, 0.6) is 0 Å². The van der Waals surface area contributed by atoms with Crippen LogP contribution in [0.15, 0.2) is 85.1 Å². The van der Waals surface area contributed by atoms with Gasteiger partial charge in [0.05, 0.1) is 6.61 Å². The van der Waals surface area contributed by atoms with Gasteiger partial charge in [-0.05, 0) is 70.6 Å². The van der Waals surface area contributed by atoms with Gasteiger partial charge < -0.3 is 39.9 Å². The van der Waals surface area contributed by atoms with Crippen molar-refractivity contribution in [1.82, 2.24) is 0 Å². The number of carbonyl (C=O) groups is 2. The van der Waals surface area contributed by atoms with Crippen molar-refractivity contribution in [2.75, 3.05) is 13.2 Å². The summed E-state index contributed by atoms with van der Waals surface area (Å²) in [5.41, 5.74) is 0. The SMILES string of the molecule is CC/C=C/C/C=C/C/C=C/C/C=C/C/C=C/C/C=C/CCC(=O)OC[C@H](COP(=O)(O)OC1C(O)C(O)C(O)[C@@H](O)C1O)OC(=O)CCC/C=C/CCCCCCCCCCCCCCCCCCCC. The topological polar surface area (TPSA) is 210 Å². The van der Waals surface area contributed by atoms with E-state index in [0.29, 0.717) is 25.7 Å². The minimum Gasteiger partial charge on any atom is -0.462 e. The van der Waals surface area contributed by atoms with Gasteiger partial charge in [-0.2, -0.15) is 0 Å². The van der Waals surface area contributed by atoms with E-state index in [9.17, 15) is 44.6 Å². The number of rotatable bonds is 45. The minimum absolute atomic E-state index is 0.0303. The highest BCUT2D eigenvalue weighted by Crippen LogP contribution is 2.47. The lowest BCUT2D eigenvalue weighted by molar-refractivity contribution is -0.220. The molecule has 6 unspecified atom stereocenters. The first-order valence-electron chi connectivity index (χ1n) is 27.4. The molecule has 71 heavy (non-hydrogen) atoms. The molecule has 6 N–H and O–H groups in total. The Kier molecular flexibility index (Phi) is 42.4. The number of hydrogen-bond donors (Lipinski definition) is 6. The molecule has 1 aliphatic carbocycles. The van der Waals surface area contributed by atoms with Crippen LogP contribution >= 0.6 is 7.82 Å². The molecule has 1 fully saturated rings. The molecule has 14 heteroatoms. The van der Waals surface area contributed by atoms with E-state index in [0.717, 1.165) is 44.9 Å². The molecule has 408 valence electrons. The average molecular weight is 1020 g/mol. The number of unbranched alkanes of at least 4 members (excludes halogenated alkanes) is 19. The second-order valence-electron chi connectivity index (χ2n) is 18.7. The normalized spacial score (nSPS) is 21.3. The Bertz CT molecular complexity index is 1560. The van der Waals surface area contributed by atoms with Crippen molar-refractivity contribution < 1.29 is 63.1 Å². The first kappa shape index (κ1) is 66.0. The minimum atomic E-state index is -5.15. The second kappa shape index (κ2) is 45.6. The molecule has 0 aliphatic heterocycles. The Balaban J connectivity index is 2.42. The van der Waals surface area contributed by atoms with Crippen molar-refractivity contribution in [3.05, 3.63) is 85.1 Å². The largest absolute Gasteiger partial charge is 0.472 e. The lowest BCUT2D eigenvalue weighted by Gasteiger charge is -2.41. The zero-order chi connectivity index (χ0) is 52.1. The standard InChI is InChI=1S/C57H97O13P/c1-3-5-7-9-11-13-15-17-19-21-23-24-25-26-28-30-32-34-36-38-40-42-44-46-51(59)69-49(48-68-71(65,66)70-57-55(63)53(61)52(60)54(62)56(57)64)47-67-50(58)45-43-41-39-37-35-33-31-29-27-22-20-18-16-14-12-10-8-6-4-2/h6,8,12,14,18,20,27,29,33,35,38-41,49,52-57,60-64H,3-5,7,9-11,13,15-17,19,21-26,28,30-32,34,36-37,42-48H2,1-2H3,(H,65,66)/b8-6+,14-12+,20-18+,29-27+,35-33+,40-38+,41-39+/t49-,52?,53-,54?,55?,56?,57?/m1/s1. The summed E-state index contributed by atoms with van der Waals surface area (Å²) in [5, 5.41) is 50.3. The number of carbonyl (C=O) groups excluding carboxylic acids is 2. The van der Waals surface area contributed by atoms with Crippen molar-refractivity contribution in [3.8, 4) is 0 Å². The summed E-state index contributed by atoms with van der Waals surface area (Å²) < 4.78 is 33.6. The molecule has 1 saturated carbocycles. The Morgan fingerprint density at radius 3 is 1.28 bits per heavy atom. The number of phosphoric ester groups is 1. The maximum absolute atomic E-state index is 12.9. The predicted octanol–water partition coefficient (Wildman–Crippen LogP) is 12.4. The van der Waals surface area contributed by atoms with E-state index in [-0.39, 0.29) is 12.8 Å². The van der Waals surface area contributed by atoms with Gasteiger partial charge in [-0.1, -0.05) is 208 Å². The molecule has 1 aliphatic rings. The molecular weight excluding hydrogens is 924 g/mol. The van der Waals surface area contributed by atoms with Crippen LogP contribution in [0.3, 0.4) is 0 Å². The van der Waals surface area contributed by atoms with E-state index in [1.54, 1.807) is 0 Å². The molecule has 0 heterocycles. The zero-order valence-electron chi connectivity index (χ0n) is 43.7. The summed E-state index contributed by atoms with van der Waals surface area (Å²) >= 11 is 0. The van der Waals surface area contributed by atoms with E-state index in [4.69, 9.17) is 18.5 Å². The number of esters is 2. The summed E-state index contributed by atoms with van der Waals surface area (Å²) in [6.45, 7) is 3.13. The van der Waals surface area contributed by atoms with Crippen LogP contribution in [0.25, 0.3) is 0 Å². The lowest BCUT2D eigenvalue weighted by Crippen LogP contribution is -2.64. The van der Waals surface area contributed by atoms with Crippen LogP contribution in [0.4, 0.5) is 0 Å². The highest BCUT2D eigenvalue weighted by Gasteiger charge is 2.51. The summed E-state index contributed by atoms with van der Waals surface area (Å²) in [4.78, 5) is 35.8. The first-order chi connectivity index (χ1) is 34.4. The fourth-order valence-corrected chi connectivity index (χ4v) is 8.88. The van der Waals surface area contributed by atoms with Crippen LogP contribution in [0.1, 0.15) is 206 Å². The third kappa shape index (κ3) is 37.4. The van der Waals surface area contributed by atoms with E-state index in [2.05, 4.69) is 74.6 Å². The van der Waals surface area contributed by atoms with Crippen LogP contribution in [0, 0.1) is 0 Å². The van der Waals surface area contributed by atoms with Crippen LogP contribution < -0.4 is 0 Å². The summed E-state index contributed by atoms with van der Waals surface area (Å²) in [7, 11) is -5.15. The van der Waals surface area contributed by atoms with E-state index in [1.807, 2.05) is 24.3 Å². The highest BCUT2D eigenvalue weighted by molar-refractivity contribution is 7.47.